The number of nitrogens with zero attached hydrogens (tertiary/aromatic N) is 2. The Morgan fingerprint density at radius 2 is 2.26 bits per heavy atom. The zero-order chi connectivity index (χ0) is 15.8. The van der Waals surface area contributed by atoms with Crippen LogP contribution in [0, 0.1) is 0 Å². The molecule has 1 aliphatic heterocycles. The van der Waals surface area contributed by atoms with Gasteiger partial charge in [0.25, 0.3) is 5.56 Å². The zero-order valence-electron chi connectivity index (χ0n) is 12.8. The van der Waals surface area contributed by atoms with Crippen LogP contribution in [0.2, 0.25) is 0 Å². The van der Waals surface area contributed by atoms with Gasteiger partial charge in [0.15, 0.2) is 0 Å². The van der Waals surface area contributed by atoms with Gasteiger partial charge in [0.05, 0.1) is 19.2 Å². The average Bonchev–Trinajstić information content (AvgIpc) is 3.03. The number of rotatable bonds is 3. The average molecular weight is 327 g/mol. The van der Waals surface area contributed by atoms with Gasteiger partial charge in [0, 0.05) is 13.1 Å². The van der Waals surface area contributed by atoms with E-state index in [9.17, 15) is 4.79 Å². The molecule has 0 unspecified atom stereocenters. The van der Waals surface area contributed by atoms with Crippen molar-refractivity contribution >= 4 is 21.6 Å². The molecule has 118 valence electrons. The summed E-state index contributed by atoms with van der Waals surface area (Å²) >= 11 is 1.43. The van der Waals surface area contributed by atoms with Gasteiger partial charge in [-0.2, -0.15) is 0 Å². The minimum atomic E-state index is -0.0425. The summed E-state index contributed by atoms with van der Waals surface area (Å²) in [5.41, 5.74) is 3.40. The van der Waals surface area contributed by atoms with E-state index in [1.807, 2.05) is 17.5 Å². The Morgan fingerprint density at radius 3 is 3.13 bits per heavy atom. The van der Waals surface area contributed by atoms with Gasteiger partial charge in [-0.15, -0.1) is 11.3 Å². The van der Waals surface area contributed by atoms with Crippen LogP contribution in [0.4, 0.5) is 0 Å². The highest BCUT2D eigenvalue weighted by molar-refractivity contribution is 7.17. The molecule has 0 spiro atoms. The van der Waals surface area contributed by atoms with Crippen molar-refractivity contribution in [1.82, 2.24) is 14.9 Å². The van der Waals surface area contributed by atoms with Crippen LogP contribution < -0.4 is 10.3 Å². The topological polar surface area (TPSA) is 58.2 Å². The Morgan fingerprint density at radius 1 is 1.35 bits per heavy atom. The summed E-state index contributed by atoms with van der Waals surface area (Å²) in [6, 6.07) is 8.15. The highest BCUT2D eigenvalue weighted by Crippen LogP contribution is 2.24. The summed E-state index contributed by atoms with van der Waals surface area (Å²) in [7, 11) is 1.69. The standard InChI is InChI=1S/C17H17N3O2S/c1-22-13-3-2-11-4-6-20(9-12(11)8-13)10-15-18-14-5-7-23-16(14)17(21)19-15/h2-3,5,7-8H,4,6,9-10H2,1H3,(H,18,19,21). The van der Waals surface area contributed by atoms with E-state index in [-0.39, 0.29) is 5.56 Å². The number of fused-ring (bicyclic) bond motifs is 2. The van der Waals surface area contributed by atoms with Crippen LogP contribution in [0.5, 0.6) is 5.75 Å². The first-order chi connectivity index (χ1) is 11.2. The van der Waals surface area contributed by atoms with Crippen molar-refractivity contribution < 1.29 is 4.74 Å². The molecule has 1 aliphatic rings. The fraction of sp³-hybridized carbons (Fsp3) is 0.294. The van der Waals surface area contributed by atoms with Gasteiger partial charge >= 0.3 is 0 Å². The highest BCUT2D eigenvalue weighted by Gasteiger charge is 2.18. The van der Waals surface area contributed by atoms with E-state index in [4.69, 9.17) is 4.74 Å². The maximum absolute atomic E-state index is 12.1. The Bertz CT molecular complexity index is 916. The number of thiophene rings is 1. The summed E-state index contributed by atoms with van der Waals surface area (Å²) in [5, 5.41) is 1.90. The van der Waals surface area contributed by atoms with Crippen LogP contribution in [-0.4, -0.2) is 28.5 Å². The van der Waals surface area contributed by atoms with E-state index >= 15 is 0 Å². The predicted octanol–water partition coefficient (Wildman–Crippen LogP) is 2.55. The van der Waals surface area contributed by atoms with Crippen molar-refractivity contribution in [3.8, 4) is 5.75 Å². The second-order valence-corrected chi connectivity index (χ2v) is 6.66. The van der Waals surface area contributed by atoms with Crippen LogP contribution in [0.15, 0.2) is 34.4 Å². The summed E-state index contributed by atoms with van der Waals surface area (Å²) in [6.07, 6.45) is 1.00. The molecule has 3 heterocycles. The van der Waals surface area contributed by atoms with Crippen LogP contribution >= 0.6 is 11.3 Å². The van der Waals surface area contributed by atoms with Crippen molar-refractivity contribution in [1.29, 1.82) is 0 Å². The normalized spacial score (nSPS) is 14.8. The fourth-order valence-corrected chi connectivity index (χ4v) is 3.79. The monoisotopic (exact) mass is 327 g/mol. The Kier molecular flexibility index (Phi) is 3.63. The third-order valence-corrected chi connectivity index (χ3v) is 5.14. The van der Waals surface area contributed by atoms with Crippen molar-refractivity contribution in [2.75, 3.05) is 13.7 Å². The lowest BCUT2D eigenvalue weighted by atomic mass is 9.99. The second kappa shape index (κ2) is 5.79. The second-order valence-electron chi connectivity index (χ2n) is 5.74. The number of H-pyrrole nitrogens is 1. The number of ether oxygens (including phenoxy) is 1. The molecule has 0 aliphatic carbocycles. The third-order valence-electron chi connectivity index (χ3n) is 4.24. The Hall–Kier alpha value is -2.18. The number of hydrogen-bond acceptors (Lipinski definition) is 5. The number of methoxy groups -OCH3 is 1. The van der Waals surface area contributed by atoms with Crippen LogP contribution in [0.3, 0.4) is 0 Å². The van der Waals surface area contributed by atoms with E-state index in [2.05, 4.69) is 27.0 Å². The summed E-state index contributed by atoms with van der Waals surface area (Å²) < 4.78 is 6.01. The van der Waals surface area contributed by atoms with E-state index in [1.54, 1.807) is 7.11 Å². The lowest BCUT2D eigenvalue weighted by Crippen LogP contribution is -2.31. The molecule has 1 N–H and O–H groups in total. The lowest BCUT2D eigenvalue weighted by molar-refractivity contribution is 0.239. The molecular weight excluding hydrogens is 310 g/mol. The van der Waals surface area contributed by atoms with Gasteiger partial charge in [-0.05, 0) is 41.1 Å². The number of benzene rings is 1. The van der Waals surface area contributed by atoms with E-state index in [0.29, 0.717) is 11.2 Å². The fourth-order valence-electron chi connectivity index (χ4n) is 3.06. The molecule has 0 saturated carbocycles. The molecule has 0 atom stereocenters. The van der Waals surface area contributed by atoms with Crippen LogP contribution in [0.1, 0.15) is 17.0 Å². The molecule has 5 nitrogen and oxygen atoms in total. The van der Waals surface area contributed by atoms with E-state index < -0.39 is 0 Å². The molecule has 3 aromatic rings. The molecule has 4 rings (SSSR count). The molecule has 2 aromatic heterocycles. The zero-order valence-corrected chi connectivity index (χ0v) is 13.7. The maximum Gasteiger partial charge on any atom is 0.268 e. The van der Waals surface area contributed by atoms with Crippen molar-refractivity contribution in [2.24, 2.45) is 0 Å². The van der Waals surface area contributed by atoms with E-state index in [0.717, 1.165) is 36.6 Å². The SMILES string of the molecule is COc1ccc2c(c1)CN(Cc1nc3ccsc3c(=O)[nH]1)CC2. The first-order valence-electron chi connectivity index (χ1n) is 7.57. The van der Waals surface area contributed by atoms with Gasteiger partial charge in [-0.3, -0.25) is 9.69 Å². The predicted molar refractivity (Wildman–Crippen MR) is 91.1 cm³/mol. The molecule has 0 bridgehead atoms. The summed E-state index contributed by atoms with van der Waals surface area (Å²) in [5.74, 6) is 1.61. The first-order valence-corrected chi connectivity index (χ1v) is 8.45. The number of aromatic nitrogens is 2. The minimum Gasteiger partial charge on any atom is -0.497 e. The molecular formula is C17H17N3O2S. The van der Waals surface area contributed by atoms with E-state index in [1.165, 1.54) is 22.5 Å². The van der Waals surface area contributed by atoms with Crippen LogP contribution in [0.25, 0.3) is 10.2 Å². The van der Waals surface area contributed by atoms with Gasteiger partial charge in [0.1, 0.15) is 16.3 Å². The van der Waals surface area contributed by atoms with Crippen LogP contribution in [-0.2, 0) is 19.5 Å². The van der Waals surface area contributed by atoms with Gasteiger partial charge in [-0.25, -0.2) is 4.98 Å². The third kappa shape index (κ3) is 2.75. The van der Waals surface area contributed by atoms with Crippen molar-refractivity contribution in [2.45, 2.75) is 19.5 Å². The molecule has 0 radical (unpaired) electrons. The van der Waals surface area contributed by atoms with Gasteiger partial charge in [0.2, 0.25) is 0 Å². The molecule has 23 heavy (non-hydrogen) atoms. The van der Waals surface area contributed by atoms with Crippen molar-refractivity contribution in [3.05, 3.63) is 57.0 Å². The number of hydrogen-bond donors (Lipinski definition) is 1. The Balaban J connectivity index is 1.58. The van der Waals surface area contributed by atoms with Gasteiger partial charge < -0.3 is 9.72 Å². The van der Waals surface area contributed by atoms with Crippen molar-refractivity contribution in [3.63, 3.8) is 0 Å². The molecule has 6 heteroatoms. The molecule has 1 aromatic carbocycles. The minimum absolute atomic E-state index is 0.0425. The molecule has 0 amide bonds. The highest BCUT2D eigenvalue weighted by atomic mass is 32.1. The largest absolute Gasteiger partial charge is 0.497 e. The Labute approximate surface area is 137 Å². The molecule has 0 fully saturated rings. The lowest BCUT2D eigenvalue weighted by Gasteiger charge is -2.28. The summed E-state index contributed by atoms with van der Waals surface area (Å²) in [6.45, 7) is 2.46. The number of nitrogens with one attached hydrogen (secondary N) is 1. The van der Waals surface area contributed by atoms with Gasteiger partial charge in [-0.1, -0.05) is 6.07 Å². The smallest absolute Gasteiger partial charge is 0.268 e. The first kappa shape index (κ1) is 14.4. The number of aromatic amines is 1. The quantitative estimate of drug-likeness (QED) is 0.803. The molecule has 0 saturated heterocycles. The maximum atomic E-state index is 12.1. The summed E-state index contributed by atoms with van der Waals surface area (Å²) in [4.78, 5) is 21.8.